The Hall–Kier alpha value is -2.66. The lowest BCUT2D eigenvalue weighted by atomic mass is 9.94. The number of rotatable bonds is 6. The Balaban J connectivity index is 1.58. The molecule has 0 radical (unpaired) electrons. The average molecular weight is 380 g/mol. The number of hydrogen-bond donors (Lipinski definition) is 2. The SMILES string of the molecule is Cc1cc(C)cc(C(NC(=O)C2CCN(Cc3ccccc3)CC2)C(=O)O)c1. The van der Waals surface area contributed by atoms with Crippen molar-refractivity contribution in [2.24, 2.45) is 5.92 Å². The van der Waals surface area contributed by atoms with Gasteiger partial charge in [0.05, 0.1) is 0 Å². The monoisotopic (exact) mass is 380 g/mol. The first-order valence-corrected chi connectivity index (χ1v) is 9.80. The summed E-state index contributed by atoms with van der Waals surface area (Å²) in [6.45, 7) is 6.43. The van der Waals surface area contributed by atoms with E-state index in [9.17, 15) is 14.7 Å². The second-order valence-corrected chi connectivity index (χ2v) is 7.74. The van der Waals surface area contributed by atoms with Gasteiger partial charge in [-0.3, -0.25) is 9.69 Å². The van der Waals surface area contributed by atoms with E-state index in [1.54, 1.807) is 0 Å². The van der Waals surface area contributed by atoms with E-state index in [1.807, 2.05) is 50.2 Å². The Morgan fingerprint density at radius 3 is 2.25 bits per heavy atom. The van der Waals surface area contributed by atoms with Crippen LogP contribution in [-0.4, -0.2) is 35.0 Å². The number of nitrogens with one attached hydrogen (secondary N) is 1. The van der Waals surface area contributed by atoms with Crippen molar-refractivity contribution < 1.29 is 14.7 Å². The molecule has 0 spiro atoms. The third-order valence-corrected chi connectivity index (χ3v) is 5.32. The number of aryl methyl sites for hydroxylation is 2. The molecule has 1 aliphatic rings. The van der Waals surface area contributed by atoms with Gasteiger partial charge in [-0.1, -0.05) is 59.7 Å². The zero-order valence-electron chi connectivity index (χ0n) is 16.5. The molecule has 2 aromatic rings. The lowest BCUT2D eigenvalue weighted by Gasteiger charge is -2.32. The van der Waals surface area contributed by atoms with Crippen molar-refractivity contribution in [3.63, 3.8) is 0 Å². The fourth-order valence-corrected chi connectivity index (χ4v) is 3.92. The second kappa shape index (κ2) is 9.02. The average Bonchev–Trinajstić information content (AvgIpc) is 2.66. The fraction of sp³-hybridized carbons (Fsp3) is 0.391. The van der Waals surface area contributed by atoms with Gasteiger partial charge in [-0.05, 0) is 50.9 Å². The highest BCUT2D eigenvalue weighted by Gasteiger charge is 2.29. The van der Waals surface area contributed by atoms with Gasteiger partial charge in [-0.15, -0.1) is 0 Å². The van der Waals surface area contributed by atoms with Crippen molar-refractivity contribution in [3.8, 4) is 0 Å². The van der Waals surface area contributed by atoms with Crippen LogP contribution in [0.5, 0.6) is 0 Å². The predicted molar refractivity (Wildman–Crippen MR) is 109 cm³/mol. The maximum Gasteiger partial charge on any atom is 0.330 e. The second-order valence-electron chi connectivity index (χ2n) is 7.74. The molecular formula is C23H28N2O3. The van der Waals surface area contributed by atoms with Gasteiger partial charge >= 0.3 is 5.97 Å². The summed E-state index contributed by atoms with van der Waals surface area (Å²) in [6.07, 6.45) is 1.50. The van der Waals surface area contributed by atoms with Crippen molar-refractivity contribution >= 4 is 11.9 Å². The number of carbonyl (C=O) groups is 2. The quantitative estimate of drug-likeness (QED) is 0.805. The first kappa shape index (κ1) is 20.1. The smallest absolute Gasteiger partial charge is 0.330 e. The highest BCUT2D eigenvalue weighted by Crippen LogP contribution is 2.22. The summed E-state index contributed by atoms with van der Waals surface area (Å²) in [6, 6.07) is 14.9. The van der Waals surface area contributed by atoms with Crippen LogP contribution in [0.1, 0.15) is 41.1 Å². The molecule has 1 atom stereocenters. The third kappa shape index (κ3) is 5.20. The summed E-state index contributed by atoms with van der Waals surface area (Å²) < 4.78 is 0. The van der Waals surface area contributed by atoms with E-state index in [1.165, 1.54) is 5.56 Å². The summed E-state index contributed by atoms with van der Waals surface area (Å²) in [4.78, 5) is 26.8. The Morgan fingerprint density at radius 2 is 1.68 bits per heavy atom. The van der Waals surface area contributed by atoms with Crippen molar-refractivity contribution in [1.82, 2.24) is 10.2 Å². The van der Waals surface area contributed by atoms with E-state index >= 15 is 0 Å². The van der Waals surface area contributed by atoms with Crippen LogP contribution in [0.2, 0.25) is 0 Å². The number of carboxylic acid groups (broad SMARTS) is 1. The molecule has 1 fully saturated rings. The van der Waals surface area contributed by atoms with Crippen LogP contribution in [0.4, 0.5) is 0 Å². The van der Waals surface area contributed by atoms with Gasteiger partial charge in [-0.2, -0.15) is 0 Å². The number of aliphatic carboxylic acids is 1. The van der Waals surface area contributed by atoms with Crippen molar-refractivity contribution in [2.45, 2.75) is 39.3 Å². The number of likely N-dealkylation sites (tertiary alicyclic amines) is 1. The number of hydrogen-bond acceptors (Lipinski definition) is 3. The standard InChI is InChI=1S/C23H28N2O3/c1-16-12-17(2)14-20(13-16)21(23(27)28)24-22(26)19-8-10-25(11-9-19)15-18-6-4-3-5-7-18/h3-7,12-14,19,21H,8-11,15H2,1-2H3,(H,24,26)(H,27,28). The van der Waals surface area contributed by atoms with E-state index in [0.717, 1.165) is 43.6 Å². The number of piperidine rings is 1. The fourth-order valence-electron chi connectivity index (χ4n) is 3.92. The van der Waals surface area contributed by atoms with Crippen molar-refractivity contribution in [2.75, 3.05) is 13.1 Å². The molecule has 2 N–H and O–H groups in total. The van der Waals surface area contributed by atoms with E-state index in [4.69, 9.17) is 0 Å². The molecule has 5 heteroatoms. The predicted octanol–water partition coefficient (Wildman–Crippen LogP) is 3.46. The lowest BCUT2D eigenvalue weighted by Crippen LogP contribution is -2.42. The van der Waals surface area contributed by atoms with E-state index in [-0.39, 0.29) is 11.8 Å². The molecule has 0 aliphatic carbocycles. The first-order valence-electron chi connectivity index (χ1n) is 9.80. The minimum Gasteiger partial charge on any atom is -0.479 e. The highest BCUT2D eigenvalue weighted by molar-refractivity contribution is 5.86. The molecule has 2 aromatic carbocycles. The molecule has 1 amide bonds. The molecule has 5 nitrogen and oxygen atoms in total. The topological polar surface area (TPSA) is 69.6 Å². The summed E-state index contributed by atoms with van der Waals surface area (Å²) >= 11 is 0. The van der Waals surface area contributed by atoms with Gasteiger partial charge in [0.25, 0.3) is 0 Å². The molecule has 1 aliphatic heterocycles. The minimum absolute atomic E-state index is 0.139. The zero-order chi connectivity index (χ0) is 20.1. The molecular weight excluding hydrogens is 352 g/mol. The summed E-state index contributed by atoms with van der Waals surface area (Å²) in [7, 11) is 0. The first-order chi connectivity index (χ1) is 13.4. The van der Waals surface area contributed by atoms with Gasteiger partial charge in [-0.25, -0.2) is 4.79 Å². The van der Waals surface area contributed by atoms with Crippen molar-refractivity contribution in [3.05, 3.63) is 70.8 Å². The molecule has 1 saturated heterocycles. The molecule has 3 rings (SSSR count). The largest absolute Gasteiger partial charge is 0.479 e. The van der Waals surface area contributed by atoms with Crippen LogP contribution in [0.3, 0.4) is 0 Å². The molecule has 0 aromatic heterocycles. The Labute approximate surface area is 166 Å². The van der Waals surface area contributed by atoms with E-state index < -0.39 is 12.0 Å². The molecule has 28 heavy (non-hydrogen) atoms. The van der Waals surface area contributed by atoms with Crippen LogP contribution in [-0.2, 0) is 16.1 Å². The lowest BCUT2D eigenvalue weighted by molar-refractivity contribution is -0.143. The highest BCUT2D eigenvalue weighted by atomic mass is 16.4. The van der Waals surface area contributed by atoms with Crippen LogP contribution >= 0.6 is 0 Å². The van der Waals surface area contributed by atoms with Gasteiger partial charge in [0, 0.05) is 12.5 Å². The Morgan fingerprint density at radius 1 is 1.07 bits per heavy atom. The third-order valence-electron chi connectivity index (χ3n) is 5.32. The Kier molecular flexibility index (Phi) is 6.47. The van der Waals surface area contributed by atoms with Gasteiger partial charge in [0.15, 0.2) is 6.04 Å². The maximum absolute atomic E-state index is 12.7. The summed E-state index contributed by atoms with van der Waals surface area (Å²) in [5.41, 5.74) is 3.88. The number of benzene rings is 2. The van der Waals surface area contributed by atoms with Crippen LogP contribution in [0, 0.1) is 19.8 Å². The van der Waals surface area contributed by atoms with Crippen LogP contribution in [0.15, 0.2) is 48.5 Å². The number of nitrogens with zero attached hydrogens (tertiary/aromatic N) is 1. The van der Waals surface area contributed by atoms with Crippen LogP contribution in [0.25, 0.3) is 0 Å². The zero-order valence-corrected chi connectivity index (χ0v) is 16.5. The summed E-state index contributed by atoms with van der Waals surface area (Å²) in [5.74, 6) is -1.33. The molecule has 1 unspecified atom stereocenters. The van der Waals surface area contributed by atoms with Crippen LogP contribution < -0.4 is 5.32 Å². The molecule has 148 valence electrons. The number of amides is 1. The van der Waals surface area contributed by atoms with Gasteiger partial charge < -0.3 is 10.4 Å². The van der Waals surface area contributed by atoms with E-state index in [0.29, 0.717) is 5.56 Å². The Bertz CT molecular complexity index is 807. The minimum atomic E-state index is -1.03. The van der Waals surface area contributed by atoms with Gasteiger partial charge in [0.1, 0.15) is 0 Å². The molecule has 0 bridgehead atoms. The maximum atomic E-state index is 12.7. The number of carboxylic acids is 1. The summed E-state index contributed by atoms with van der Waals surface area (Å²) in [5, 5.41) is 12.4. The van der Waals surface area contributed by atoms with E-state index in [2.05, 4.69) is 22.3 Å². The number of carbonyl (C=O) groups excluding carboxylic acids is 1. The van der Waals surface area contributed by atoms with Gasteiger partial charge in [0.2, 0.25) is 5.91 Å². The molecule has 0 saturated carbocycles. The molecule has 1 heterocycles. The van der Waals surface area contributed by atoms with Crippen molar-refractivity contribution in [1.29, 1.82) is 0 Å². The normalized spacial score (nSPS) is 16.5.